The van der Waals surface area contributed by atoms with E-state index in [0.717, 1.165) is 30.3 Å². The zero-order valence-corrected chi connectivity index (χ0v) is 9.27. The molecule has 0 aliphatic heterocycles. The van der Waals surface area contributed by atoms with E-state index in [2.05, 4.69) is 17.6 Å². The normalized spacial score (nSPS) is 10.1. The first kappa shape index (κ1) is 11.3. The third-order valence-corrected chi connectivity index (χ3v) is 2.15. The van der Waals surface area contributed by atoms with E-state index in [9.17, 15) is 0 Å². The lowest BCUT2D eigenvalue weighted by molar-refractivity contribution is 0.688. The van der Waals surface area contributed by atoms with Crippen LogP contribution in [0.25, 0.3) is 0 Å². The predicted molar refractivity (Wildman–Crippen MR) is 63.1 cm³/mol. The number of halogens is 1. The SMILES string of the molecule is CCCNCCNc1ccc(Cl)cc1. The molecule has 0 bridgehead atoms. The van der Waals surface area contributed by atoms with Crippen LogP contribution in [0.15, 0.2) is 24.3 Å². The molecule has 0 fully saturated rings. The van der Waals surface area contributed by atoms with Gasteiger partial charge in [0.1, 0.15) is 0 Å². The van der Waals surface area contributed by atoms with Crippen LogP contribution in [0, 0.1) is 0 Å². The molecule has 1 rings (SSSR count). The van der Waals surface area contributed by atoms with Crippen LogP contribution < -0.4 is 10.6 Å². The van der Waals surface area contributed by atoms with E-state index < -0.39 is 0 Å². The lowest BCUT2D eigenvalue weighted by atomic mass is 10.3. The van der Waals surface area contributed by atoms with Crippen LogP contribution in [-0.4, -0.2) is 19.6 Å². The van der Waals surface area contributed by atoms with Crippen LogP contribution in [0.3, 0.4) is 0 Å². The van der Waals surface area contributed by atoms with Crippen LogP contribution >= 0.6 is 11.6 Å². The van der Waals surface area contributed by atoms with Crippen molar-refractivity contribution in [2.24, 2.45) is 0 Å². The molecule has 0 spiro atoms. The summed E-state index contributed by atoms with van der Waals surface area (Å²) in [7, 11) is 0. The van der Waals surface area contributed by atoms with Crippen LogP contribution in [0.5, 0.6) is 0 Å². The lowest BCUT2D eigenvalue weighted by Gasteiger charge is -2.06. The Balaban J connectivity index is 2.15. The average molecular weight is 213 g/mol. The summed E-state index contributed by atoms with van der Waals surface area (Å²) < 4.78 is 0. The Hall–Kier alpha value is -0.730. The number of nitrogens with one attached hydrogen (secondary N) is 2. The molecule has 0 saturated carbocycles. The van der Waals surface area contributed by atoms with Crippen LogP contribution in [0.1, 0.15) is 13.3 Å². The van der Waals surface area contributed by atoms with Crippen molar-refractivity contribution in [1.29, 1.82) is 0 Å². The first-order valence-electron chi connectivity index (χ1n) is 5.03. The summed E-state index contributed by atoms with van der Waals surface area (Å²) in [6, 6.07) is 7.76. The molecule has 1 aromatic carbocycles. The third kappa shape index (κ3) is 4.49. The summed E-state index contributed by atoms with van der Waals surface area (Å²) in [5.41, 5.74) is 1.12. The van der Waals surface area contributed by atoms with Crippen molar-refractivity contribution in [3.8, 4) is 0 Å². The van der Waals surface area contributed by atoms with E-state index in [4.69, 9.17) is 11.6 Å². The topological polar surface area (TPSA) is 24.1 Å². The van der Waals surface area contributed by atoms with Crippen molar-refractivity contribution in [3.05, 3.63) is 29.3 Å². The van der Waals surface area contributed by atoms with E-state index in [1.165, 1.54) is 6.42 Å². The maximum Gasteiger partial charge on any atom is 0.0407 e. The van der Waals surface area contributed by atoms with Gasteiger partial charge in [0.15, 0.2) is 0 Å². The molecule has 0 heterocycles. The monoisotopic (exact) mass is 212 g/mol. The van der Waals surface area contributed by atoms with Gasteiger partial charge in [0.05, 0.1) is 0 Å². The van der Waals surface area contributed by atoms with Gasteiger partial charge < -0.3 is 10.6 Å². The molecule has 0 radical (unpaired) electrons. The van der Waals surface area contributed by atoms with Crippen molar-refractivity contribution in [2.75, 3.05) is 25.0 Å². The molecule has 3 heteroatoms. The maximum absolute atomic E-state index is 5.77. The van der Waals surface area contributed by atoms with E-state index in [0.29, 0.717) is 0 Å². The fourth-order valence-electron chi connectivity index (χ4n) is 1.16. The Morgan fingerprint density at radius 3 is 2.43 bits per heavy atom. The first-order valence-corrected chi connectivity index (χ1v) is 5.41. The smallest absolute Gasteiger partial charge is 0.0407 e. The highest BCUT2D eigenvalue weighted by molar-refractivity contribution is 6.30. The Morgan fingerprint density at radius 2 is 1.79 bits per heavy atom. The molecule has 78 valence electrons. The number of hydrogen-bond donors (Lipinski definition) is 2. The second kappa shape index (κ2) is 6.68. The molecule has 0 atom stereocenters. The summed E-state index contributed by atoms with van der Waals surface area (Å²) >= 11 is 5.77. The molecular weight excluding hydrogens is 196 g/mol. The van der Waals surface area contributed by atoms with Crippen molar-refractivity contribution in [2.45, 2.75) is 13.3 Å². The lowest BCUT2D eigenvalue weighted by Crippen LogP contribution is -2.22. The van der Waals surface area contributed by atoms with E-state index in [-0.39, 0.29) is 0 Å². The van der Waals surface area contributed by atoms with Crippen LogP contribution in [-0.2, 0) is 0 Å². The number of hydrogen-bond acceptors (Lipinski definition) is 2. The second-order valence-electron chi connectivity index (χ2n) is 3.18. The molecule has 0 saturated heterocycles. The van der Waals surface area contributed by atoms with Gasteiger partial charge in [-0.25, -0.2) is 0 Å². The molecular formula is C11H17ClN2. The zero-order chi connectivity index (χ0) is 10.2. The average Bonchev–Trinajstić information content (AvgIpc) is 2.21. The quantitative estimate of drug-likeness (QED) is 0.709. The van der Waals surface area contributed by atoms with Gasteiger partial charge in [0.2, 0.25) is 0 Å². The number of benzene rings is 1. The fourth-order valence-corrected chi connectivity index (χ4v) is 1.29. The molecule has 2 N–H and O–H groups in total. The van der Waals surface area contributed by atoms with Gasteiger partial charge in [-0.15, -0.1) is 0 Å². The zero-order valence-electron chi connectivity index (χ0n) is 8.52. The maximum atomic E-state index is 5.77. The van der Waals surface area contributed by atoms with Gasteiger partial charge in [-0.2, -0.15) is 0 Å². The molecule has 1 aromatic rings. The molecule has 0 unspecified atom stereocenters. The standard InChI is InChI=1S/C11H17ClN2/c1-2-7-13-8-9-14-11-5-3-10(12)4-6-11/h3-6,13-14H,2,7-9H2,1H3. The molecule has 2 nitrogen and oxygen atoms in total. The Kier molecular flexibility index (Phi) is 5.42. The largest absolute Gasteiger partial charge is 0.384 e. The Morgan fingerprint density at radius 1 is 1.07 bits per heavy atom. The highest BCUT2D eigenvalue weighted by atomic mass is 35.5. The summed E-state index contributed by atoms with van der Waals surface area (Å²) in [6.45, 7) is 5.19. The molecule has 14 heavy (non-hydrogen) atoms. The fraction of sp³-hybridized carbons (Fsp3) is 0.455. The van der Waals surface area contributed by atoms with E-state index in [1.807, 2.05) is 24.3 Å². The van der Waals surface area contributed by atoms with E-state index >= 15 is 0 Å². The van der Waals surface area contributed by atoms with Gasteiger partial charge >= 0.3 is 0 Å². The highest BCUT2D eigenvalue weighted by Crippen LogP contribution is 2.12. The Bertz CT molecular complexity index is 246. The van der Waals surface area contributed by atoms with E-state index in [1.54, 1.807) is 0 Å². The number of anilines is 1. The van der Waals surface area contributed by atoms with Gasteiger partial charge in [0, 0.05) is 23.8 Å². The second-order valence-corrected chi connectivity index (χ2v) is 3.62. The summed E-state index contributed by atoms with van der Waals surface area (Å²) in [4.78, 5) is 0. The minimum atomic E-state index is 0.777. The highest BCUT2D eigenvalue weighted by Gasteiger charge is 1.90. The van der Waals surface area contributed by atoms with Crippen LogP contribution in [0.2, 0.25) is 5.02 Å². The minimum absolute atomic E-state index is 0.777. The predicted octanol–water partition coefficient (Wildman–Crippen LogP) is 2.75. The third-order valence-electron chi connectivity index (χ3n) is 1.90. The Labute approximate surface area is 90.7 Å². The minimum Gasteiger partial charge on any atom is -0.384 e. The van der Waals surface area contributed by atoms with Gasteiger partial charge in [-0.1, -0.05) is 18.5 Å². The first-order chi connectivity index (χ1) is 6.83. The molecule has 0 aliphatic carbocycles. The summed E-state index contributed by atoms with van der Waals surface area (Å²) in [5, 5.41) is 7.42. The van der Waals surface area contributed by atoms with Crippen LogP contribution in [0.4, 0.5) is 5.69 Å². The van der Waals surface area contributed by atoms with Crippen molar-refractivity contribution in [1.82, 2.24) is 5.32 Å². The van der Waals surface area contributed by atoms with Crippen molar-refractivity contribution >= 4 is 17.3 Å². The molecule has 0 aliphatic rings. The summed E-state index contributed by atoms with van der Waals surface area (Å²) in [6.07, 6.45) is 1.18. The van der Waals surface area contributed by atoms with Crippen molar-refractivity contribution < 1.29 is 0 Å². The van der Waals surface area contributed by atoms with Gasteiger partial charge in [-0.3, -0.25) is 0 Å². The molecule has 0 aromatic heterocycles. The van der Waals surface area contributed by atoms with Gasteiger partial charge in [-0.05, 0) is 37.2 Å². The summed E-state index contributed by atoms with van der Waals surface area (Å²) in [5.74, 6) is 0. The number of rotatable bonds is 6. The van der Waals surface area contributed by atoms with Crippen molar-refractivity contribution in [3.63, 3.8) is 0 Å². The van der Waals surface area contributed by atoms with Gasteiger partial charge in [0.25, 0.3) is 0 Å². The molecule has 0 amide bonds.